The van der Waals surface area contributed by atoms with Gasteiger partial charge in [0, 0.05) is 18.1 Å². The van der Waals surface area contributed by atoms with Gasteiger partial charge in [-0.05, 0) is 39.7 Å². The van der Waals surface area contributed by atoms with Crippen LogP contribution in [0.15, 0.2) is 0 Å². The van der Waals surface area contributed by atoms with E-state index in [2.05, 4.69) is 18.7 Å². The second-order valence-corrected chi connectivity index (χ2v) is 4.75. The highest BCUT2D eigenvalue weighted by Crippen LogP contribution is 2.18. The number of rotatable bonds is 4. The molecule has 0 aromatic rings. The number of hydrogen-bond donors (Lipinski definition) is 2. The van der Waals surface area contributed by atoms with E-state index in [0.717, 1.165) is 25.9 Å². The highest BCUT2D eigenvalue weighted by atomic mass is 16.3. The molecule has 13 heavy (non-hydrogen) atoms. The SMILES string of the molecule is CC(C)(N)CCN1CCCC1CO. The summed E-state index contributed by atoms with van der Waals surface area (Å²) >= 11 is 0. The first-order valence-electron chi connectivity index (χ1n) is 5.17. The highest BCUT2D eigenvalue weighted by Gasteiger charge is 2.24. The third kappa shape index (κ3) is 3.63. The lowest BCUT2D eigenvalue weighted by atomic mass is 10.0. The molecule has 3 nitrogen and oxygen atoms in total. The summed E-state index contributed by atoms with van der Waals surface area (Å²) in [6.07, 6.45) is 3.36. The van der Waals surface area contributed by atoms with Crippen molar-refractivity contribution in [2.75, 3.05) is 19.7 Å². The summed E-state index contributed by atoms with van der Waals surface area (Å²) in [5.41, 5.74) is 5.83. The van der Waals surface area contributed by atoms with Crippen LogP contribution in [0.2, 0.25) is 0 Å². The van der Waals surface area contributed by atoms with Gasteiger partial charge < -0.3 is 10.8 Å². The fourth-order valence-corrected chi connectivity index (χ4v) is 1.83. The molecule has 1 aliphatic heterocycles. The Hall–Kier alpha value is -0.120. The van der Waals surface area contributed by atoms with E-state index in [-0.39, 0.29) is 5.54 Å². The molecule has 78 valence electrons. The second-order valence-electron chi connectivity index (χ2n) is 4.75. The molecule has 3 N–H and O–H groups in total. The van der Waals surface area contributed by atoms with E-state index < -0.39 is 0 Å². The Morgan fingerprint density at radius 1 is 1.54 bits per heavy atom. The highest BCUT2D eigenvalue weighted by molar-refractivity contribution is 4.81. The summed E-state index contributed by atoms with van der Waals surface area (Å²) in [4.78, 5) is 2.36. The molecule has 1 heterocycles. The molecule has 0 aromatic carbocycles. The average molecular weight is 186 g/mol. The van der Waals surface area contributed by atoms with Gasteiger partial charge in [-0.1, -0.05) is 0 Å². The van der Waals surface area contributed by atoms with Gasteiger partial charge in [0.1, 0.15) is 0 Å². The molecule has 1 fully saturated rings. The van der Waals surface area contributed by atoms with Gasteiger partial charge in [-0.3, -0.25) is 4.90 Å². The normalized spacial score (nSPS) is 25.4. The monoisotopic (exact) mass is 186 g/mol. The van der Waals surface area contributed by atoms with Gasteiger partial charge in [0.25, 0.3) is 0 Å². The molecule has 1 atom stereocenters. The molecule has 1 aliphatic rings. The molecule has 0 aliphatic carbocycles. The molecule has 0 amide bonds. The third-order valence-electron chi connectivity index (χ3n) is 2.75. The number of likely N-dealkylation sites (tertiary alicyclic amines) is 1. The van der Waals surface area contributed by atoms with E-state index >= 15 is 0 Å². The summed E-state index contributed by atoms with van der Waals surface area (Å²) in [5.74, 6) is 0. The molecule has 3 heteroatoms. The lowest BCUT2D eigenvalue weighted by Gasteiger charge is -2.26. The zero-order chi connectivity index (χ0) is 9.90. The van der Waals surface area contributed by atoms with Crippen LogP contribution in [0.3, 0.4) is 0 Å². The van der Waals surface area contributed by atoms with Gasteiger partial charge in [0.05, 0.1) is 6.61 Å². The molecule has 0 spiro atoms. The Labute approximate surface area is 80.9 Å². The fraction of sp³-hybridized carbons (Fsp3) is 1.00. The molecule has 1 rings (SSSR count). The minimum atomic E-state index is -0.0808. The van der Waals surface area contributed by atoms with Gasteiger partial charge >= 0.3 is 0 Å². The molecule has 0 saturated carbocycles. The molecule has 1 saturated heterocycles. The number of aliphatic hydroxyl groups excluding tert-OH is 1. The number of aliphatic hydroxyl groups is 1. The van der Waals surface area contributed by atoms with Crippen LogP contribution in [0.25, 0.3) is 0 Å². The first kappa shape index (κ1) is 11.0. The predicted octanol–water partition coefficient (Wildman–Crippen LogP) is 0.570. The van der Waals surface area contributed by atoms with Crippen molar-refractivity contribution in [3.63, 3.8) is 0 Å². The summed E-state index contributed by atoms with van der Waals surface area (Å²) in [7, 11) is 0. The van der Waals surface area contributed by atoms with Gasteiger partial charge in [-0.15, -0.1) is 0 Å². The van der Waals surface area contributed by atoms with Gasteiger partial charge in [-0.2, -0.15) is 0 Å². The zero-order valence-electron chi connectivity index (χ0n) is 8.79. The van der Waals surface area contributed by atoms with Crippen molar-refractivity contribution in [3.05, 3.63) is 0 Å². The molecule has 0 radical (unpaired) electrons. The van der Waals surface area contributed by atoms with Crippen LogP contribution in [0.5, 0.6) is 0 Å². The van der Waals surface area contributed by atoms with Gasteiger partial charge in [0.2, 0.25) is 0 Å². The lowest BCUT2D eigenvalue weighted by molar-refractivity contribution is 0.151. The zero-order valence-corrected chi connectivity index (χ0v) is 8.79. The average Bonchev–Trinajstić information content (AvgIpc) is 2.46. The fourth-order valence-electron chi connectivity index (χ4n) is 1.83. The molecular formula is C10H22N2O. The maximum Gasteiger partial charge on any atom is 0.0586 e. The first-order valence-corrected chi connectivity index (χ1v) is 5.17. The van der Waals surface area contributed by atoms with E-state index in [9.17, 15) is 0 Å². The summed E-state index contributed by atoms with van der Waals surface area (Å²) in [5, 5.41) is 9.09. The van der Waals surface area contributed by atoms with Gasteiger partial charge in [0.15, 0.2) is 0 Å². The van der Waals surface area contributed by atoms with Crippen molar-refractivity contribution in [2.24, 2.45) is 5.73 Å². The van der Waals surface area contributed by atoms with E-state index in [1.54, 1.807) is 0 Å². The number of nitrogens with two attached hydrogens (primary N) is 1. The largest absolute Gasteiger partial charge is 0.395 e. The van der Waals surface area contributed by atoms with Crippen LogP contribution in [0.1, 0.15) is 33.1 Å². The summed E-state index contributed by atoms with van der Waals surface area (Å²) in [6.45, 7) is 6.55. The van der Waals surface area contributed by atoms with Crippen LogP contribution in [-0.4, -0.2) is 41.3 Å². The minimum Gasteiger partial charge on any atom is -0.395 e. The maximum atomic E-state index is 9.09. The first-order chi connectivity index (χ1) is 6.03. The Morgan fingerprint density at radius 2 is 2.23 bits per heavy atom. The van der Waals surface area contributed by atoms with Crippen molar-refractivity contribution < 1.29 is 5.11 Å². The molecule has 1 unspecified atom stereocenters. The Morgan fingerprint density at radius 3 is 2.77 bits per heavy atom. The minimum absolute atomic E-state index is 0.0808. The maximum absolute atomic E-state index is 9.09. The quantitative estimate of drug-likeness (QED) is 0.675. The van der Waals surface area contributed by atoms with E-state index in [0.29, 0.717) is 12.6 Å². The topological polar surface area (TPSA) is 49.5 Å². The van der Waals surface area contributed by atoms with Crippen molar-refractivity contribution in [3.8, 4) is 0 Å². The smallest absolute Gasteiger partial charge is 0.0586 e. The Bertz CT molecular complexity index is 153. The molecular weight excluding hydrogens is 164 g/mol. The lowest BCUT2D eigenvalue weighted by Crippen LogP contribution is -2.40. The molecule has 0 bridgehead atoms. The van der Waals surface area contributed by atoms with Crippen LogP contribution >= 0.6 is 0 Å². The van der Waals surface area contributed by atoms with Crippen LogP contribution in [-0.2, 0) is 0 Å². The van der Waals surface area contributed by atoms with Crippen LogP contribution in [0.4, 0.5) is 0 Å². The Kier molecular flexibility index (Phi) is 3.71. The van der Waals surface area contributed by atoms with Crippen molar-refractivity contribution in [2.45, 2.75) is 44.7 Å². The van der Waals surface area contributed by atoms with Crippen LogP contribution < -0.4 is 5.73 Å². The standard InChI is InChI=1S/C10H22N2O/c1-10(2,11)5-7-12-6-3-4-9(12)8-13/h9,13H,3-8,11H2,1-2H3. The Balaban J connectivity index is 2.28. The van der Waals surface area contributed by atoms with Crippen LogP contribution in [0, 0.1) is 0 Å². The van der Waals surface area contributed by atoms with Crippen molar-refractivity contribution >= 4 is 0 Å². The second kappa shape index (κ2) is 4.40. The van der Waals surface area contributed by atoms with Gasteiger partial charge in [-0.25, -0.2) is 0 Å². The van der Waals surface area contributed by atoms with Crippen molar-refractivity contribution in [1.29, 1.82) is 0 Å². The van der Waals surface area contributed by atoms with Crippen molar-refractivity contribution in [1.82, 2.24) is 4.90 Å². The summed E-state index contributed by atoms with van der Waals surface area (Å²) in [6, 6.07) is 0.391. The number of nitrogens with zero attached hydrogens (tertiary/aromatic N) is 1. The predicted molar refractivity (Wildman–Crippen MR) is 54.6 cm³/mol. The number of hydrogen-bond acceptors (Lipinski definition) is 3. The third-order valence-corrected chi connectivity index (χ3v) is 2.75. The summed E-state index contributed by atoms with van der Waals surface area (Å²) < 4.78 is 0. The van der Waals surface area contributed by atoms with E-state index in [1.807, 2.05) is 0 Å². The van der Waals surface area contributed by atoms with E-state index in [1.165, 1.54) is 6.42 Å². The molecule has 0 aromatic heterocycles. The van der Waals surface area contributed by atoms with E-state index in [4.69, 9.17) is 10.8 Å².